The number of fused-ring (bicyclic) bond motifs is 1. The number of carbonyl (C=O) groups excluding carboxylic acids is 1. The number of hydrogen-bond acceptors (Lipinski definition) is 4. The molecule has 0 unspecified atom stereocenters. The van der Waals surface area contributed by atoms with Gasteiger partial charge in [0.25, 0.3) is 5.56 Å². The lowest BCUT2D eigenvalue weighted by molar-refractivity contribution is 0.0905. The predicted molar refractivity (Wildman–Crippen MR) is 98.6 cm³/mol. The summed E-state index contributed by atoms with van der Waals surface area (Å²) >= 11 is 0. The predicted octanol–water partition coefficient (Wildman–Crippen LogP) is 3.48. The molecule has 1 aromatic heterocycles. The van der Waals surface area contributed by atoms with Gasteiger partial charge in [-0.1, -0.05) is 67.6 Å². The smallest absolute Gasteiger partial charge is 0.268 e. The minimum atomic E-state index is -0.341. The van der Waals surface area contributed by atoms with Crippen molar-refractivity contribution in [3.63, 3.8) is 0 Å². The Balaban J connectivity index is 1.95. The van der Waals surface area contributed by atoms with Crippen LogP contribution in [0.1, 0.15) is 35.2 Å². The van der Waals surface area contributed by atoms with E-state index in [1.54, 1.807) is 6.92 Å². The molecule has 5 nitrogen and oxygen atoms in total. The lowest BCUT2D eigenvalue weighted by atomic mass is 9.95. The van der Waals surface area contributed by atoms with Crippen molar-refractivity contribution in [2.75, 3.05) is 6.61 Å². The number of benzene rings is 2. The van der Waals surface area contributed by atoms with Crippen LogP contribution in [0.5, 0.6) is 5.88 Å². The van der Waals surface area contributed by atoms with Crippen molar-refractivity contribution in [1.82, 2.24) is 9.55 Å². The minimum absolute atomic E-state index is 0.216. The van der Waals surface area contributed by atoms with Gasteiger partial charge in [-0.15, -0.1) is 0 Å². The van der Waals surface area contributed by atoms with E-state index in [1.807, 2.05) is 60.7 Å². The summed E-state index contributed by atoms with van der Waals surface area (Å²) in [4.78, 5) is 30.4. The molecule has 5 heteroatoms. The van der Waals surface area contributed by atoms with E-state index >= 15 is 0 Å². The van der Waals surface area contributed by atoms with E-state index < -0.39 is 0 Å². The molecule has 4 rings (SSSR count). The topological polar surface area (TPSA) is 61.2 Å². The van der Waals surface area contributed by atoms with E-state index in [1.165, 1.54) is 4.57 Å². The first-order chi connectivity index (χ1) is 12.7. The zero-order valence-corrected chi connectivity index (χ0v) is 14.4. The van der Waals surface area contributed by atoms with Gasteiger partial charge in [0.05, 0.1) is 11.5 Å². The monoisotopic (exact) mass is 346 g/mol. The summed E-state index contributed by atoms with van der Waals surface area (Å²) in [5.41, 5.74) is 1.80. The Hall–Kier alpha value is -3.21. The molecular weight excluding hydrogens is 328 g/mol. The molecule has 0 saturated carbocycles. The first-order valence-corrected chi connectivity index (χ1v) is 8.64. The molecule has 0 fully saturated rings. The van der Waals surface area contributed by atoms with Crippen molar-refractivity contribution in [3.05, 3.63) is 82.1 Å². The molecule has 0 N–H and O–H groups in total. The molecule has 0 radical (unpaired) electrons. The highest BCUT2D eigenvalue weighted by atomic mass is 16.5. The standard InChI is InChI=1S/C21H18N2O3/c1-2-17(24)23-19(15-11-7-4-8-12-15)22-20-18(21(23)25)16(13-26-20)14-9-5-3-6-10-14/h3-12,16H,2,13H2,1H3/t16-/m1/s1. The Kier molecular flexibility index (Phi) is 4.13. The van der Waals surface area contributed by atoms with Crippen LogP contribution in [-0.2, 0) is 0 Å². The number of hydrogen-bond donors (Lipinski definition) is 0. The molecule has 0 aliphatic carbocycles. The fourth-order valence-corrected chi connectivity index (χ4v) is 3.29. The van der Waals surface area contributed by atoms with Gasteiger partial charge in [-0.05, 0) is 5.56 Å². The molecule has 2 heterocycles. The third kappa shape index (κ3) is 2.62. The summed E-state index contributed by atoms with van der Waals surface area (Å²) in [5, 5.41) is 0. The number of aromatic nitrogens is 2. The fourth-order valence-electron chi connectivity index (χ4n) is 3.29. The van der Waals surface area contributed by atoms with E-state index in [4.69, 9.17) is 4.74 Å². The van der Waals surface area contributed by atoms with Crippen LogP contribution in [0, 0.1) is 0 Å². The summed E-state index contributed by atoms with van der Waals surface area (Å²) in [6.45, 7) is 2.09. The van der Waals surface area contributed by atoms with Gasteiger partial charge in [0.15, 0.2) is 5.82 Å². The molecule has 2 aromatic carbocycles. The SMILES string of the molecule is CCC(=O)n1c(-c2ccccc2)nc2c(c1=O)[C@@H](c1ccccc1)CO2. The Bertz CT molecular complexity index is 1010. The highest BCUT2D eigenvalue weighted by Gasteiger charge is 2.33. The van der Waals surface area contributed by atoms with E-state index in [-0.39, 0.29) is 23.8 Å². The summed E-state index contributed by atoms with van der Waals surface area (Å²) in [6, 6.07) is 18.9. The van der Waals surface area contributed by atoms with Crippen molar-refractivity contribution in [2.24, 2.45) is 0 Å². The molecule has 1 aliphatic heterocycles. The van der Waals surface area contributed by atoms with Gasteiger partial charge >= 0.3 is 0 Å². The van der Waals surface area contributed by atoms with Crippen LogP contribution in [0.3, 0.4) is 0 Å². The fraction of sp³-hybridized carbons (Fsp3) is 0.190. The van der Waals surface area contributed by atoms with Crippen molar-refractivity contribution in [1.29, 1.82) is 0 Å². The van der Waals surface area contributed by atoms with Gasteiger partial charge < -0.3 is 4.74 Å². The second-order valence-corrected chi connectivity index (χ2v) is 6.18. The molecule has 26 heavy (non-hydrogen) atoms. The minimum Gasteiger partial charge on any atom is -0.476 e. The average Bonchev–Trinajstić information content (AvgIpc) is 3.13. The highest BCUT2D eigenvalue weighted by Crippen LogP contribution is 2.35. The van der Waals surface area contributed by atoms with Crippen LogP contribution in [0.4, 0.5) is 0 Å². The lowest BCUT2D eigenvalue weighted by Gasteiger charge is -2.13. The molecule has 0 saturated heterocycles. The van der Waals surface area contributed by atoms with Crippen LogP contribution < -0.4 is 10.3 Å². The van der Waals surface area contributed by atoms with E-state index in [2.05, 4.69) is 4.98 Å². The van der Waals surface area contributed by atoms with Gasteiger partial charge in [0, 0.05) is 12.0 Å². The number of nitrogens with zero attached hydrogens (tertiary/aromatic N) is 2. The highest BCUT2D eigenvalue weighted by molar-refractivity contribution is 5.83. The molecule has 130 valence electrons. The van der Waals surface area contributed by atoms with Crippen LogP contribution in [0.25, 0.3) is 11.4 Å². The second-order valence-electron chi connectivity index (χ2n) is 6.18. The lowest BCUT2D eigenvalue weighted by Crippen LogP contribution is -2.31. The maximum atomic E-state index is 13.3. The Labute approximate surface area is 150 Å². The zero-order valence-electron chi connectivity index (χ0n) is 14.4. The van der Waals surface area contributed by atoms with Crippen molar-refractivity contribution in [3.8, 4) is 17.3 Å². The normalized spacial score (nSPS) is 15.3. The summed E-state index contributed by atoms with van der Waals surface area (Å²) in [6.07, 6.45) is 0.219. The first-order valence-electron chi connectivity index (χ1n) is 8.64. The Morgan fingerprint density at radius 3 is 2.42 bits per heavy atom. The maximum Gasteiger partial charge on any atom is 0.268 e. The maximum absolute atomic E-state index is 13.3. The molecule has 3 aromatic rings. The van der Waals surface area contributed by atoms with Crippen LogP contribution in [0.2, 0.25) is 0 Å². The van der Waals surface area contributed by atoms with Gasteiger partial charge in [0.1, 0.15) is 6.61 Å². The zero-order chi connectivity index (χ0) is 18.1. The molecule has 1 atom stereocenters. The third-order valence-electron chi connectivity index (χ3n) is 4.60. The first kappa shape index (κ1) is 16.3. The number of rotatable bonds is 3. The molecule has 0 bridgehead atoms. The van der Waals surface area contributed by atoms with Crippen molar-refractivity contribution >= 4 is 5.91 Å². The Morgan fingerprint density at radius 1 is 1.12 bits per heavy atom. The third-order valence-corrected chi connectivity index (χ3v) is 4.60. The van der Waals surface area contributed by atoms with Gasteiger partial charge in [-0.3, -0.25) is 9.59 Å². The second kappa shape index (κ2) is 6.59. The van der Waals surface area contributed by atoms with Crippen LogP contribution in [0.15, 0.2) is 65.5 Å². The molecule has 0 amide bonds. The van der Waals surface area contributed by atoms with Gasteiger partial charge in [-0.2, -0.15) is 4.98 Å². The van der Waals surface area contributed by atoms with Gasteiger partial charge in [-0.25, -0.2) is 4.57 Å². The van der Waals surface area contributed by atoms with Crippen molar-refractivity contribution in [2.45, 2.75) is 19.3 Å². The molecule has 0 spiro atoms. The van der Waals surface area contributed by atoms with Gasteiger partial charge in [0.2, 0.25) is 11.8 Å². The van der Waals surface area contributed by atoms with E-state index in [9.17, 15) is 9.59 Å². The summed E-state index contributed by atoms with van der Waals surface area (Å²) in [5.74, 6) is 0.160. The van der Waals surface area contributed by atoms with Crippen LogP contribution in [-0.4, -0.2) is 22.1 Å². The summed E-state index contributed by atoms with van der Waals surface area (Å²) in [7, 11) is 0. The van der Waals surface area contributed by atoms with E-state index in [0.717, 1.165) is 5.56 Å². The largest absolute Gasteiger partial charge is 0.476 e. The molecular formula is C21H18N2O3. The van der Waals surface area contributed by atoms with Crippen LogP contribution >= 0.6 is 0 Å². The Morgan fingerprint density at radius 2 is 1.77 bits per heavy atom. The quantitative estimate of drug-likeness (QED) is 0.728. The number of carbonyl (C=O) groups is 1. The molecule has 1 aliphatic rings. The summed E-state index contributed by atoms with van der Waals surface area (Å²) < 4.78 is 6.93. The van der Waals surface area contributed by atoms with Crippen molar-refractivity contribution < 1.29 is 9.53 Å². The average molecular weight is 346 g/mol. The number of ether oxygens (including phenoxy) is 1. The van der Waals surface area contributed by atoms with E-state index in [0.29, 0.717) is 29.4 Å².